The average Bonchev–Trinajstić information content (AvgIpc) is 3.21. The number of nitrogens with zero attached hydrogens (tertiary/aromatic N) is 5. The lowest BCUT2D eigenvalue weighted by molar-refractivity contribution is 0.172. The number of guanidine groups is 1. The summed E-state index contributed by atoms with van der Waals surface area (Å²) in [5, 5.41) is 7.20. The highest BCUT2D eigenvalue weighted by atomic mass is 127. The predicted octanol–water partition coefficient (Wildman–Crippen LogP) is 1.96. The van der Waals surface area contributed by atoms with Crippen LogP contribution in [0.3, 0.4) is 0 Å². The topological polar surface area (TPSA) is 97.5 Å². The largest absolute Gasteiger partial charge is 0.493 e. The molecule has 1 saturated heterocycles. The van der Waals surface area contributed by atoms with E-state index in [1.54, 1.807) is 21.3 Å². The normalized spacial score (nSPS) is 14.7. The summed E-state index contributed by atoms with van der Waals surface area (Å²) < 4.78 is 21.5. The van der Waals surface area contributed by atoms with Gasteiger partial charge in [0.25, 0.3) is 0 Å². The first-order valence-corrected chi connectivity index (χ1v) is 10.3. The quantitative estimate of drug-likeness (QED) is 0.295. The molecule has 0 unspecified atom stereocenters. The number of ether oxygens (including phenoxy) is 3. The second kappa shape index (κ2) is 12.7. The van der Waals surface area contributed by atoms with E-state index in [-0.39, 0.29) is 24.0 Å². The van der Waals surface area contributed by atoms with Crippen molar-refractivity contribution in [3.05, 3.63) is 29.4 Å². The number of hydrogen-bond donors (Lipinski definition) is 1. The van der Waals surface area contributed by atoms with E-state index in [0.717, 1.165) is 44.2 Å². The molecule has 0 amide bonds. The van der Waals surface area contributed by atoms with Crippen LogP contribution in [0.25, 0.3) is 0 Å². The molecule has 1 N–H and O–H groups in total. The fourth-order valence-electron chi connectivity index (χ4n) is 3.66. The van der Waals surface area contributed by atoms with E-state index < -0.39 is 0 Å². The Labute approximate surface area is 206 Å². The molecule has 2 aromatic rings. The molecule has 1 fully saturated rings. The molecular weight excluding hydrogens is 527 g/mol. The van der Waals surface area contributed by atoms with Crippen molar-refractivity contribution in [2.45, 2.75) is 19.9 Å². The summed E-state index contributed by atoms with van der Waals surface area (Å²) in [5.41, 5.74) is 1.13. The predicted molar refractivity (Wildman–Crippen MR) is 132 cm³/mol. The van der Waals surface area contributed by atoms with Gasteiger partial charge in [0, 0.05) is 52.7 Å². The van der Waals surface area contributed by atoms with Crippen LogP contribution in [0.2, 0.25) is 0 Å². The van der Waals surface area contributed by atoms with Crippen molar-refractivity contribution < 1.29 is 18.7 Å². The lowest BCUT2D eigenvalue weighted by Gasteiger charge is -2.36. The Morgan fingerprint density at radius 1 is 1.09 bits per heavy atom. The second-order valence-corrected chi connectivity index (χ2v) is 7.26. The summed E-state index contributed by atoms with van der Waals surface area (Å²) in [6.45, 7) is 6.97. The lowest BCUT2D eigenvalue weighted by atomic mass is 10.1. The minimum absolute atomic E-state index is 0. The lowest BCUT2D eigenvalue weighted by Crippen LogP contribution is -2.52. The molecule has 1 aromatic carbocycles. The smallest absolute Gasteiger partial charge is 0.228 e. The molecule has 1 aromatic heterocycles. The number of halogens is 1. The van der Waals surface area contributed by atoms with E-state index in [0.29, 0.717) is 41.9 Å². The van der Waals surface area contributed by atoms with E-state index >= 15 is 0 Å². The number of rotatable bonds is 8. The number of methoxy groups -OCH3 is 3. The summed E-state index contributed by atoms with van der Waals surface area (Å²) in [7, 11) is 6.70. The van der Waals surface area contributed by atoms with Gasteiger partial charge in [0.2, 0.25) is 11.6 Å². The maximum Gasteiger partial charge on any atom is 0.228 e. The van der Waals surface area contributed by atoms with Gasteiger partial charge < -0.3 is 29.0 Å². The van der Waals surface area contributed by atoms with Crippen LogP contribution in [0.15, 0.2) is 21.6 Å². The molecule has 1 aliphatic heterocycles. The van der Waals surface area contributed by atoms with Crippen LogP contribution in [0, 0.1) is 6.92 Å². The standard InChI is InChI=1S/C21H32N6O4.HI/c1-15-24-19(31-25-15)6-7-23-21(22-2)27-10-8-26(9-11-27)14-16-12-17(28-3)20(30-5)18(13-16)29-4;/h12-13H,6-11,14H2,1-5H3,(H,22,23);1H. The Morgan fingerprint density at radius 2 is 1.75 bits per heavy atom. The molecule has 1 aliphatic rings. The molecule has 10 nitrogen and oxygen atoms in total. The van der Waals surface area contributed by atoms with Gasteiger partial charge in [-0.05, 0) is 24.6 Å². The number of piperazine rings is 1. The molecular formula is C21H33IN6O4. The fraction of sp³-hybridized carbons (Fsp3) is 0.571. The fourth-order valence-corrected chi connectivity index (χ4v) is 3.66. The van der Waals surface area contributed by atoms with E-state index in [4.69, 9.17) is 18.7 Å². The highest BCUT2D eigenvalue weighted by Crippen LogP contribution is 2.38. The van der Waals surface area contributed by atoms with Crippen molar-refractivity contribution in [3.8, 4) is 17.2 Å². The van der Waals surface area contributed by atoms with Gasteiger partial charge in [-0.2, -0.15) is 4.98 Å². The van der Waals surface area contributed by atoms with Crippen molar-refractivity contribution in [3.63, 3.8) is 0 Å². The van der Waals surface area contributed by atoms with Gasteiger partial charge in [0.05, 0.1) is 21.3 Å². The average molecular weight is 560 g/mol. The molecule has 11 heteroatoms. The summed E-state index contributed by atoms with van der Waals surface area (Å²) in [6, 6.07) is 4.01. The van der Waals surface area contributed by atoms with Crippen LogP contribution >= 0.6 is 24.0 Å². The SMILES string of the molecule is CN=C(NCCc1nc(C)no1)N1CCN(Cc2cc(OC)c(OC)c(OC)c2)CC1.I. The monoisotopic (exact) mass is 560 g/mol. The van der Waals surface area contributed by atoms with Gasteiger partial charge >= 0.3 is 0 Å². The Hall–Kier alpha value is -2.28. The van der Waals surface area contributed by atoms with Gasteiger partial charge in [-0.25, -0.2) is 0 Å². The number of aromatic nitrogens is 2. The molecule has 0 saturated carbocycles. The summed E-state index contributed by atoms with van der Waals surface area (Å²) in [4.78, 5) is 13.3. The molecule has 0 atom stereocenters. The van der Waals surface area contributed by atoms with Crippen molar-refractivity contribution >= 4 is 29.9 Å². The minimum atomic E-state index is 0. The highest BCUT2D eigenvalue weighted by Gasteiger charge is 2.21. The van der Waals surface area contributed by atoms with Crippen molar-refractivity contribution in [2.75, 3.05) is 61.1 Å². The van der Waals surface area contributed by atoms with Gasteiger partial charge in [-0.3, -0.25) is 9.89 Å². The number of nitrogens with one attached hydrogen (secondary N) is 1. The van der Waals surface area contributed by atoms with Gasteiger partial charge in [0.1, 0.15) is 0 Å². The Kier molecular flexibility index (Phi) is 10.3. The third-order valence-electron chi connectivity index (χ3n) is 5.21. The van der Waals surface area contributed by atoms with Gasteiger partial charge in [0.15, 0.2) is 23.3 Å². The molecule has 32 heavy (non-hydrogen) atoms. The third kappa shape index (κ3) is 6.61. The van der Waals surface area contributed by atoms with E-state index in [2.05, 4.69) is 30.2 Å². The second-order valence-electron chi connectivity index (χ2n) is 7.26. The van der Waals surface area contributed by atoms with Gasteiger partial charge in [-0.15, -0.1) is 24.0 Å². The highest BCUT2D eigenvalue weighted by molar-refractivity contribution is 14.0. The first-order chi connectivity index (χ1) is 15.1. The van der Waals surface area contributed by atoms with Crippen LogP contribution in [0.5, 0.6) is 17.2 Å². The number of aryl methyl sites for hydroxylation is 1. The maximum atomic E-state index is 5.47. The van der Waals surface area contributed by atoms with E-state index in [1.165, 1.54) is 0 Å². The third-order valence-corrected chi connectivity index (χ3v) is 5.21. The van der Waals surface area contributed by atoms with Crippen LogP contribution in [-0.2, 0) is 13.0 Å². The first-order valence-electron chi connectivity index (χ1n) is 10.3. The van der Waals surface area contributed by atoms with Gasteiger partial charge in [-0.1, -0.05) is 5.16 Å². The van der Waals surface area contributed by atoms with Crippen molar-refractivity contribution in [1.29, 1.82) is 0 Å². The van der Waals surface area contributed by atoms with Crippen LogP contribution < -0.4 is 19.5 Å². The zero-order valence-corrected chi connectivity index (χ0v) is 21.7. The number of hydrogen-bond acceptors (Lipinski definition) is 8. The molecule has 178 valence electrons. The Bertz CT molecular complexity index is 858. The number of benzene rings is 1. The molecule has 0 radical (unpaired) electrons. The molecule has 2 heterocycles. The minimum Gasteiger partial charge on any atom is -0.493 e. The molecule has 0 spiro atoms. The summed E-state index contributed by atoms with van der Waals surface area (Å²) in [6.07, 6.45) is 0.668. The number of aliphatic imine (C=N–C) groups is 1. The zero-order valence-electron chi connectivity index (χ0n) is 19.4. The Balaban J connectivity index is 0.00000363. The Morgan fingerprint density at radius 3 is 2.25 bits per heavy atom. The zero-order chi connectivity index (χ0) is 22.2. The van der Waals surface area contributed by atoms with Crippen molar-refractivity contribution in [2.24, 2.45) is 4.99 Å². The van der Waals surface area contributed by atoms with Crippen molar-refractivity contribution in [1.82, 2.24) is 25.3 Å². The molecule has 0 bridgehead atoms. The maximum absolute atomic E-state index is 5.47. The first kappa shape index (κ1) is 26.0. The van der Waals surface area contributed by atoms with E-state index in [9.17, 15) is 0 Å². The van der Waals surface area contributed by atoms with E-state index in [1.807, 2.05) is 26.1 Å². The summed E-state index contributed by atoms with van der Waals surface area (Å²) in [5.74, 6) is 4.15. The summed E-state index contributed by atoms with van der Waals surface area (Å²) >= 11 is 0. The van der Waals surface area contributed by atoms with Crippen LogP contribution in [0.4, 0.5) is 0 Å². The molecule has 0 aliphatic carbocycles. The molecule has 3 rings (SSSR count). The van der Waals surface area contributed by atoms with Crippen LogP contribution in [0.1, 0.15) is 17.3 Å². The van der Waals surface area contributed by atoms with Crippen LogP contribution in [-0.4, -0.2) is 87.0 Å².